The summed E-state index contributed by atoms with van der Waals surface area (Å²) in [6, 6.07) is 15.8. The second-order valence-corrected chi connectivity index (χ2v) is 8.19. The molecule has 0 aliphatic heterocycles. The summed E-state index contributed by atoms with van der Waals surface area (Å²) >= 11 is 0. The van der Waals surface area contributed by atoms with Gasteiger partial charge in [-0.05, 0) is 66.2 Å². The third-order valence-electron chi connectivity index (χ3n) is 4.42. The first-order valence-corrected chi connectivity index (χ1v) is 10.7. The Morgan fingerprint density at radius 1 is 0.903 bits per heavy atom. The number of halogens is 1. The second-order valence-electron chi connectivity index (χ2n) is 6.51. The van der Waals surface area contributed by atoms with Crippen LogP contribution in [-0.4, -0.2) is 28.5 Å². The average Bonchev–Trinajstić information content (AvgIpc) is 2.78. The van der Waals surface area contributed by atoms with Crippen molar-refractivity contribution < 1.29 is 27.1 Å². The Labute approximate surface area is 179 Å². The number of amides is 1. The first kappa shape index (κ1) is 22.1. The Balaban J connectivity index is 1.65. The second kappa shape index (κ2) is 9.48. The molecule has 0 unspecified atom stereocenters. The first-order valence-electron chi connectivity index (χ1n) is 9.20. The molecule has 0 saturated heterocycles. The van der Waals surface area contributed by atoms with Gasteiger partial charge < -0.3 is 14.8 Å². The van der Waals surface area contributed by atoms with E-state index in [9.17, 15) is 17.6 Å². The van der Waals surface area contributed by atoms with E-state index in [2.05, 4.69) is 10.0 Å². The SMILES string of the molecule is COc1ccc(CNC(=O)c2ccc(S(=O)(=O)Nc3ccc(F)cc3)cc2)cc1OC. The number of carbonyl (C=O) groups excluding carboxylic acids is 1. The highest BCUT2D eigenvalue weighted by molar-refractivity contribution is 7.92. The lowest BCUT2D eigenvalue weighted by Gasteiger charge is -2.11. The number of hydrogen-bond donors (Lipinski definition) is 2. The Bertz CT molecular complexity index is 1160. The smallest absolute Gasteiger partial charge is 0.261 e. The Kier molecular flexibility index (Phi) is 6.76. The standard InChI is InChI=1S/C22H21FN2O5S/c1-29-20-12-3-15(13-21(20)30-2)14-24-22(26)16-4-10-19(11-5-16)31(27,28)25-18-8-6-17(23)7-9-18/h3-13,25H,14H2,1-2H3,(H,24,26). The van der Waals surface area contributed by atoms with Gasteiger partial charge in [-0.3, -0.25) is 9.52 Å². The number of methoxy groups -OCH3 is 2. The molecule has 0 fully saturated rings. The van der Waals surface area contributed by atoms with E-state index in [4.69, 9.17) is 9.47 Å². The number of hydrogen-bond acceptors (Lipinski definition) is 5. The molecule has 162 valence electrons. The molecule has 9 heteroatoms. The zero-order valence-corrected chi connectivity index (χ0v) is 17.7. The highest BCUT2D eigenvalue weighted by Crippen LogP contribution is 2.27. The minimum atomic E-state index is -3.87. The zero-order chi connectivity index (χ0) is 22.4. The molecule has 0 aliphatic rings. The van der Waals surface area contributed by atoms with E-state index in [1.165, 1.54) is 43.5 Å². The van der Waals surface area contributed by atoms with Crippen LogP contribution in [0.25, 0.3) is 0 Å². The molecule has 0 saturated carbocycles. The molecule has 31 heavy (non-hydrogen) atoms. The van der Waals surface area contributed by atoms with Crippen LogP contribution in [0.15, 0.2) is 71.6 Å². The van der Waals surface area contributed by atoms with E-state index < -0.39 is 15.8 Å². The van der Waals surface area contributed by atoms with Crippen LogP contribution in [0.1, 0.15) is 15.9 Å². The number of benzene rings is 3. The van der Waals surface area contributed by atoms with Gasteiger partial charge in [-0.1, -0.05) is 6.07 Å². The van der Waals surface area contributed by atoms with Crippen LogP contribution in [0.5, 0.6) is 11.5 Å². The van der Waals surface area contributed by atoms with Crippen LogP contribution in [0.4, 0.5) is 10.1 Å². The fourth-order valence-corrected chi connectivity index (χ4v) is 3.85. The summed E-state index contributed by atoms with van der Waals surface area (Å²) in [5.74, 6) is 0.317. The minimum absolute atomic E-state index is 0.0201. The van der Waals surface area contributed by atoms with Crippen molar-refractivity contribution in [1.82, 2.24) is 5.32 Å². The lowest BCUT2D eigenvalue weighted by Crippen LogP contribution is -2.23. The maximum atomic E-state index is 13.0. The van der Waals surface area contributed by atoms with Gasteiger partial charge in [0, 0.05) is 17.8 Å². The van der Waals surface area contributed by atoms with Crippen LogP contribution in [-0.2, 0) is 16.6 Å². The van der Waals surface area contributed by atoms with Crippen LogP contribution in [0.3, 0.4) is 0 Å². The van der Waals surface area contributed by atoms with Gasteiger partial charge in [0.1, 0.15) is 5.82 Å². The van der Waals surface area contributed by atoms with E-state index in [0.717, 1.165) is 17.7 Å². The molecule has 0 aliphatic carbocycles. The Morgan fingerprint density at radius 3 is 2.16 bits per heavy atom. The maximum absolute atomic E-state index is 13.0. The summed E-state index contributed by atoms with van der Waals surface area (Å²) < 4.78 is 50.7. The molecule has 0 aromatic heterocycles. The van der Waals surface area contributed by atoms with Crippen molar-refractivity contribution in [3.63, 3.8) is 0 Å². The summed E-state index contributed by atoms with van der Waals surface area (Å²) in [4.78, 5) is 12.4. The average molecular weight is 444 g/mol. The fourth-order valence-electron chi connectivity index (χ4n) is 2.79. The number of anilines is 1. The summed E-state index contributed by atoms with van der Waals surface area (Å²) in [7, 11) is -0.800. The molecule has 3 aromatic carbocycles. The van der Waals surface area contributed by atoms with Crippen molar-refractivity contribution in [3.8, 4) is 11.5 Å². The number of rotatable bonds is 8. The van der Waals surface area contributed by atoms with Crippen LogP contribution in [0, 0.1) is 5.82 Å². The van der Waals surface area contributed by atoms with Crippen LogP contribution < -0.4 is 19.5 Å². The molecule has 2 N–H and O–H groups in total. The lowest BCUT2D eigenvalue weighted by molar-refractivity contribution is 0.0950. The van der Waals surface area contributed by atoms with Gasteiger partial charge in [0.2, 0.25) is 0 Å². The number of nitrogens with one attached hydrogen (secondary N) is 2. The topological polar surface area (TPSA) is 93.7 Å². The van der Waals surface area contributed by atoms with Crippen molar-refractivity contribution >= 4 is 21.6 Å². The minimum Gasteiger partial charge on any atom is -0.493 e. The summed E-state index contributed by atoms with van der Waals surface area (Å²) in [5, 5.41) is 2.77. The Morgan fingerprint density at radius 2 is 1.55 bits per heavy atom. The van der Waals surface area contributed by atoms with Gasteiger partial charge in [-0.25, -0.2) is 12.8 Å². The number of carbonyl (C=O) groups is 1. The Hall–Kier alpha value is -3.59. The monoisotopic (exact) mass is 444 g/mol. The van der Waals surface area contributed by atoms with E-state index >= 15 is 0 Å². The van der Waals surface area contributed by atoms with Crippen molar-refractivity contribution in [2.75, 3.05) is 18.9 Å². The molecule has 0 radical (unpaired) electrons. The molecule has 0 atom stereocenters. The fraction of sp³-hybridized carbons (Fsp3) is 0.136. The van der Waals surface area contributed by atoms with Gasteiger partial charge in [-0.15, -0.1) is 0 Å². The number of sulfonamides is 1. The highest BCUT2D eigenvalue weighted by Gasteiger charge is 2.15. The van der Waals surface area contributed by atoms with E-state index in [1.54, 1.807) is 25.3 Å². The predicted molar refractivity (Wildman–Crippen MR) is 114 cm³/mol. The third-order valence-corrected chi connectivity index (χ3v) is 5.82. The molecule has 7 nitrogen and oxygen atoms in total. The van der Waals surface area contributed by atoms with Crippen molar-refractivity contribution in [3.05, 3.63) is 83.7 Å². The largest absolute Gasteiger partial charge is 0.493 e. The van der Waals surface area contributed by atoms with Gasteiger partial charge in [0.15, 0.2) is 11.5 Å². The lowest BCUT2D eigenvalue weighted by atomic mass is 10.1. The van der Waals surface area contributed by atoms with Crippen molar-refractivity contribution in [1.29, 1.82) is 0 Å². The molecule has 0 heterocycles. The van der Waals surface area contributed by atoms with Gasteiger partial charge in [0.25, 0.3) is 15.9 Å². The molecule has 3 aromatic rings. The maximum Gasteiger partial charge on any atom is 0.261 e. The summed E-state index contributed by atoms with van der Waals surface area (Å²) in [5.41, 5.74) is 1.35. The molecule has 1 amide bonds. The molecular weight excluding hydrogens is 423 g/mol. The molecular formula is C22H21FN2O5S. The molecule has 0 bridgehead atoms. The predicted octanol–water partition coefficient (Wildman–Crippen LogP) is 3.57. The molecule has 3 rings (SSSR count). The van der Waals surface area contributed by atoms with Gasteiger partial charge >= 0.3 is 0 Å². The normalized spacial score (nSPS) is 10.9. The third kappa shape index (κ3) is 5.52. The van der Waals surface area contributed by atoms with Crippen molar-refractivity contribution in [2.24, 2.45) is 0 Å². The highest BCUT2D eigenvalue weighted by atomic mass is 32.2. The van der Waals surface area contributed by atoms with E-state index in [0.29, 0.717) is 17.1 Å². The molecule has 0 spiro atoms. The zero-order valence-electron chi connectivity index (χ0n) is 16.9. The van der Waals surface area contributed by atoms with Crippen molar-refractivity contribution in [2.45, 2.75) is 11.4 Å². The first-order chi connectivity index (χ1) is 14.8. The van der Waals surface area contributed by atoms with Gasteiger partial charge in [-0.2, -0.15) is 0 Å². The number of ether oxygens (including phenoxy) is 2. The quantitative estimate of drug-likeness (QED) is 0.554. The van der Waals surface area contributed by atoms with Crippen LogP contribution in [0.2, 0.25) is 0 Å². The van der Waals surface area contributed by atoms with Crippen LogP contribution >= 0.6 is 0 Å². The van der Waals surface area contributed by atoms with E-state index in [-0.39, 0.29) is 23.0 Å². The van der Waals surface area contributed by atoms with E-state index in [1.807, 2.05) is 0 Å². The van der Waals surface area contributed by atoms with Gasteiger partial charge in [0.05, 0.1) is 19.1 Å². The summed E-state index contributed by atoms with van der Waals surface area (Å²) in [6.45, 7) is 0.255. The summed E-state index contributed by atoms with van der Waals surface area (Å²) in [6.07, 6.45) is 0.